The maximum Gasteiger partial charge on any atom is 0.372 e. The molecule has 0 saturated heterocycles. The fraction of sp³-hybridized carbons (Fsp3) is 0.0952. The predicted octanol–water partition coefficient (Wildman–Crippen LogP) is -0.867. The SMILES string of the molecule is CN(C)c1ccc(/C=C2\Sc3nc(-c4ccccc4)cc[n+]3C2=O)cc1.[O-][Cl+3]([O-])([O-])[O-]. The van der Waals surface area contributed by atoms with Crippen LogP contribution in [0.15, 0.2) is 76.9 Å². The zero-order chi connectivity index (χ0) is 22.6. The second kappa shape index (κ2) is 9.56. The third kappa shape index (κ3) is 6.34. The number of rotatable bonds is 3. The molecule has 0 fully saturated rings. The van der Waals surface area contributed by atoms with Gasteiger partial charge in [0.25, 0.3) is 0 Å². The van der Waals surface area contributed by atoms with Gasteiger partial charge in [-0.3, -0.25) is 0 Å². The Hall–Kier alpha value is -2.79. The number of hydrogen-bond acceptors (Lipinski definition) is 8. The molecule has 8 nitrogen and oxygen atoms in total. The molecule has 0 aliphatic carbocycles. The molecule has 2 heterocycles. The Labute approximate surface area is 185 Å². The lowest BCUT2D eigenvalue weighted by molar-refractivity contribution is -2.00. The number of hydrogen-bond donors (Lipinski definition) is 0. The van der Waals surface area contributed by atoms with Crippen molar-refractivity contribution in [2.24, 2.45) is 0 Å². The van der Waals surface area contributed by atoms with E-state index in [-0.39, 0.29) is 5.91 Å². The molecule has 0 N–H and O–H groups in total. The van der Waals surface area contributed by atoms with Gasteiger partial charge in [-0.1, -0.05) is 42.5 Å². The summed E-state index contributed by atoms with van der Waals surface area (Å²) in [6.07, 6.45) is 3.72. The third-order valence-corrected chi connectivity index (χ3v) is 5.19. The van der Waals surface area contributed by atoms with E-state index in [0.717, 1.165) is 22.5 Å². The lowest BCUT2D eigenvalue weighted by Crippen LogP contribution is -2.68. The van der Waals surface area contributed by atoms with Crippen molar-refractivity contribution in [3.05, 3.63) is 77.3 Å². The van der Waals surface area contributed by atoms with E-state index in [9.17, 15) is 4.79 Å². The van der Waals surface area contributed by atoms with Crippen LogP contribution in [-0.4, -0.2) is 25.0 Å². The summed E-state index contributed by atoms with van der Waals surface area (Å²) in [6, 6.07) is 20.0. The van der Waals surface area contributed by atoms with Crippen molar-refractivity contribution in [3.8, 4) is 11.3 Å². The molecule has 160 valence electrons. The smallest absolute Gasteiger partial charge is 0.372 e. The minimum Gasteiger partial charge on any atom is -0.378 e. The van der Waals surface area contributed by atoms with Crippen LogP contribution in [0, 0.1) is 10.2 Å². The Balaban J connectivity index is 0.000000491. The summed E-state index contributed by atoms with van der Waals surface area (Å²) in [5.41, 5.74) is 4.04. The van der Waals surface area contributed by atoms with Gasteiger partial charge in [0.1, 0.15) is 11.1 Å². The summed E-state index contributed by atoms with van der Waals surface area (Å²) in [5, 5.41) is 0.701. The van der Waals surface area contributed by atoms with Crippen LogP contribution in [0.2, 0.25) is 0 Å². The highest BCUT2D eigenvalue weighted by Gasteiger charge is 2.35. The number of fused-ring (bicyclic) bond motifs is 1. The van der Waals surface area contributed by atoms with Crippen molar-refractivity contribution >= 4 is 29.4 Å². The number of carbonyl (C=O) groups is 1. The zero-order valence-electron chi connectivity index (χ0n) is 16.6. The average Bonchev–Trinajstić information content (AvgIpc) is 3.02. The van der Waals surface area contributed by atoms with E-state index in [2.05, 4.69) is 4.98 Å². The monoisotopic (exact) mass is 459 g/mol. The number of nitrogens with zero attached hydrogens (tertiary/aromatic N) is 3. The van der Waals surface area contributed by atoms with E-state index in [0.29, 0.717) is 10.1 Å². The van der Waals surface area contributed by atoms with Crippen LogP contribution in [-0.2, 0) is 0 Å². The van der Waals surface area contributed by atoms with Gasteiger partial charge in [0.2, 0.25) is 0 Å². The summed E-state index contributed by atoms with van der Waals surface area (Å²) in [4.78, 5) is 20.0. The Morgan fingerprint density at radius 2 is 1.58 bits per heavy atom. The third-order valence-electron chi connectivity index (χ3n) is 4.21. The lowest BCUT2D eigenvalue weighted by Gasteiger charge is -2.17. The normalized spacial score (nSPS) is 14.1. The van der Waals surface area contributed by atoms with Gasteiger partial charge >= 0.3 is 11.1 Å². The first-order valence-corrected chi connectivity index (χ1v) is 11.0. The van der Waals surface area contributed by atoms with Crippen molar-refractivity contribution in [3.63, 3.8) is 0 Å². The van der Waals surface area contributed by atoms with Gasteiger partial charge in [0.15, 0.2) is 5.69 Å². The van der Waals surface area contributed by atoms with Crippen molar-refractivity contribution in [1.82, 2.24) is 4.98 Å². The maximum atomic E-state index is 12.6. The maximum absolute atomic E-state index is 12.6. The van der Waals surface area contributed by atoms with Crippen molar-refractivity contribution < 1.29 is 38.2 Å². The molecule has 2 aromatic carbocycles. The molecule has 0 spiro atoms. The lowest BCUT2D eigenvalue weighted by atomic mass is 10.1. The van der Waals surface area contributed by atoms with Gasteiger partial charge in [-0.2, -0.15) is 4.57 Å². The number of benzene rings is 2. The van der Waals surface area contributed by atoms with Crippen LogP contribution < -0.4 is 28.1 Å². The van der Waals surface area contributed by atoms with Gasteiger partial charge in [-0.15, -0.1) is 10.2 Å². The number of aromatic nitrogens is 2. The van der Waals surface area contributed by atoms with Crippen LogP contribution >= 0.6 is 11.8 Å². The van der Waals surface area contributed by atoms with Crippen molar-refractivity contribution in [1.29, 1.82) is 0 Å². The molecular weight excluding hydrogens is 442 g/mol. The standard InChI is InChI=1S/C21H18N3OS.ClHO4/c1-23(2)17-10-8-15(9-11-17)14-19-20(25)24-13-12-18(22-21(24)26-19)16-6-4-3-5-7-16;2-1(3,4)5/h3-14H,1-2H3;(H,2,3,4,5)/q+1;/p-1/b19-14-;. The summed E-state index contributed by atoms with van der Waals surface area (Å²) in [6.45, 7) is 0. The van der Waals surface area contributed by atoms with Gasteiger partial charge in [0.05, 0.1) is 0 Å². The van der Waals surface area contributed by atoms with Crippen LogP contribution in [0.3, 0.4) is 0 Å². The van der Waals surface area contributed by atoms with E-state index in [1.165, 1.54) is 11.8 Å². The van der Waals surface area contributed by atoms with Crippen LogP contribution in [0.1, 0.15) is 10.4 Å². The molecule has 3 aromatic rings. The minimum atomic E-state index is -4.94. The molecule has 1 aromatic heterocycles. The number of anilines is 1. The molecule has 0 unspecified atom stereocenters. The molecular formula is C21H18ClN3O5S. The average molecular weight is 460 g/mol. The van der Waals surface area contributed by atoms with Gasteiger partial charge in [-0.05, 0) is 28.8 Å². The number of allylic oxidation sites excluding steroid dienone is 1. The van der Waals surface area contributed by atoms with E-state index in [1.807, 2.05) is 85.7 Å². The topological polar surface area (TPSA) is 129 Å². The molecule has 31 heavy (non-hydrogen) atoms. The fourth-order valence-corrected chi connectivity index (χ4v) is 3.73. The second-order valence-corrected chi connectivity index (χ2v) is 8.38. The van der Waals surface area contributed by atoms with Crippen LogP contribution in [0.25, 0.3) is 17.3 Å². The van der Waals surface area contributed by atoms with Gasteiger partial charge in [0, 0.05) is 43.2 Å². The fourth-order valence-electron chi connectivity index (χ4n) is 2.77. The minimum absolute atomic E-state index is 0.0335. The molecule has 10 heteroatoms. The molecule has 1 aliphatic heterocycles. The van der Waals surface area contributed by atoms with Crippen LogP contribution in [0.5, 0.6) is 0 Å². The zero-order valence-corrected chi connectivity index (χ0v) is 18.2. The van der Waals surface area contributed by atoms with E-state index in [4.69, 9.17) is 18.6 Å². The number of halogens is 1. The summed E-state index contributed by atoms with van der Waals surface area (Å²) in [5.74, 6) is -0.0335. The van der Waals surface area contributed by atoms with Gasteiger partial charge in [-0.25, -0.2) is 23.4 Å². The van der Waals surface area contributed by atoms with E-state index >= 15 is 0 Å². The summed E-state index contributed by atoms with van der Waals surface area (Å²) < 4.78 is 35.6. The quantitative estimate of drug-likeness (QED) is 0.281. The molecule has 0 bridgehead atoms. The highest BCUT2D eigenvalue weighted by molar-refractivity contribution is 8.04. The van der Waals surface area contributed by atoms with E-state index < -0.39 is 10.2 Å². The Kier molecular flexibility index (Phi) is 7.06. The Morgan fingerprint density at radius 1 is 0.968 bits per heavy atom. The highest BCUT2D eigenvalue weighted by atomic mass is 35.7. The van der Waals surface area contributed by atoms with Crippen LogP contribution in [0.4, 0.5) is 5.69 Å². The molecule has 0 saturated carbocycles. The summed E-state index contributed by atoms with van der Waals surface area (Å²) in [7, 11) is -0.930. The molecule has 0 atom stereocenters. The van der Waals surface area contributed by atoms with Crippen molar-refractivity contribution in [2.75, 3.05) is 19.0 Å². The first kappa shape index (κ1) is 22.9. The van der Waals surface area contributed by atoms with Gasteiger partial charge < -0.3 is 4.90 Å². The molecule has 1 aliphatic rings. The summed E-state index contributed by atoms with van der Waals surface area (Å²) >= 11 is 1.41. The largest absolute Gasteiger partial charge is 0.378 e. The van der Waals surface area contributed by atoms with E-state index in [1.54, 1.807) is 10.8 Å². The first-order valence-electron chi connectivity index (χ1n) is 8.93. The first-order chi connectivity index (χ1) is 14.6. The predicted molar refractivity (Wildman–Crippen MR) is 105 cm³/mol. The number of thioether (sulfide) groups is 1. The molecule has 0 amide bonds. The number of carbonyl (C=O) groups excluding carboxylic acids is 1. The molecule has 4 rings (SSSR count). The Morgan fingerprint density at radius 3 is 2.16 bits per heavy atom. The second-order valence-electron chi connectivity index (χ2n) is 6.61. The Bertz CT molecular complexity index is 1090. The van der Waals surface area contributed by atoms with Crippen molar-refractivity contribution in [2.45, 2.75) is 5.16 Å². The molecule has 0 radical (unpaired) electrons. The highest BCUT2D eigenvalue weighted by Crippen LogP contribution is 2.31.